The summed E-state index contributed by atoms with van der Waals surface area (Å²) in [7, 11) is 4.02. The minimum Gasteiger partial charge on any atom is -0.352 e. The second kappa shape index (κ2) is 8.35. The summed E-state index contributed by atoms with van der Waals surface area (Å²) in [4.78, 5) is 29.4. The molecule has 5 heteroatoms. The van der Waals surface area contributed by atoms with Gasteiger partial charge in [-0.2, -0.15) is 0 Å². The summed E-state index contributed by atoms with van der Waals surface area (Å²) >= 11 is 0. The number of rotatable bonds is 6. The first-order valence-corrected chi connectivity index (χ1v) is 9.42. The van der Waals surface area contributed by atoms with Gasteiger partial charge in [0.25, 0.3) is 11.8 Å². The average molecular weight is 365 g/mol. The van der Waals surface area contributed by atoms with Crippen LogP contribution in [0.25, 0.3) is 0 Å². The van der Waals surface area contributed by atoms with Crippen molar-refractivity contribution in [1.82, 2.24) is 10.2 Å². The Bertz CT molecular complexity index is 832. The van der Waals surface area contributed by atoms with Crippen LogP contribution in [0.5, 0.6) is 0 Å². The van der Waals surface area contributed by atoms with Crippen molar-refractivity contribution in [2.75, 3.05) is 32.1 Å². The maximum absolute atomic E-state index is 13.1. The normalized spacial score (nSPS) is 15.7. The second-order valence-corrected chi connectivity index (χ2v) is 7.35. The van der Waals surface area contributed by atoms with Gasteiger partial charge in [-0.05, 0) is 70.2 Å². The average Bonchev–Trinajstić information content (AvgIpc) is 3.00. The van der Waals surface area contributed by atoms with Crippen LogP contribution in [0.15, 0.2) is 48.5 Å². The van der Waals surface area contributed by atoms with Gasteiger partial charge in [-0.25, -0.2) is 0 Å². The molecule has 1 unspecified atom stereocenters. The van der Waals surface area contributed by atoms with Crippen LogP contribution in [0.4, 0.5) is 5.69 Å². The number of hydrogen-bond acceptors (Lipinski definition) is 3. The predicted octanol–water partition coefficient (Wildman–Crippen LogP) is 2.96. The fourth-order valence-electron chi connectivity index (χ4n) is 3.51. The molecule has 0 saturated carbocycles. The Morgan fingerprint density at radius 1 is 1.11 bits per heavy atom. The zero-order valence-corrected chi connectivity index (χ0v) is 16.2. The van der Waals surface area contributed by atoms with Crippen molar-refractivity contribution in [3.8, 4) is 0 Å². The smallest absolute Gasteiger partial charge is 0.258 e. The number of fused-ring (bicyclic) bond motifs is 1. The van der Waals surface area contributed by atoms with E-state index in [0.717, 1.165) is 25.1 Å². The molecule has 0 radical (unpaired) electrons. The Kier molecular flexibility index (Phi) is 5.91. The number of benzene rings is 2. The van der Waals surface area contributed by atoms with E-state index >= 15 is 0 Å². The van der Waals surface area contributed by atoms with Crippen LogP contribution in [-0.4, -0.2) is 49.9 Å². The van der Waals surface area contributed by atoms with E-state index in [1.165, 1.54) is 5.56 Å². The van der Waals surface area contributed by atoms with Crippen molar-refractivity contribution in [2.24, 2.45) is 0 Å². The lowest BCUT2D eigenvalue weighted by Crippen LogP contribution is -2.36. The fraction of sp³-hybridized carbons (Fsp3) is 0.364. The summed E-state index contributed by atoms with van der Waals surface area (Å²) in [6.07, 6.45) is 1.74. The van der Waals surface area contributed by atoms with Crippen molar-refractivity contribution >= 4 is 17.5 Å². The van der Waals surface area contributed by atoms with E-state index in [4.69, 9.17) is 0 Å². The fourth-order valence-corrected chi connectivity index (χ4v) is 3.51. The molecule has 1 N–H and O–H groups in total. The molecule has 0 aromatic heterocycles. The van der Waals surface area contributed by atoms with Crippen LogP contribution in [0.1, 0.15) is 39.6 Å². The molecule has 3 rings (SSSR count). The molecule has 5 nitrogen and oxygen atoms in total. The van der Waals surface area contributed by atoms with Gasteiger partial charge in [0.2, 0.25) is 0 Å². The molecule has 2 aromatic rings. The first-order chi connectivity index (χ1) is 13.0. The van der Waals surface area contributed by atoms with Gasteiger partial charge in [0, 0.05) is 29.4 Å². The van der Waals surface area contributed by atoms with Gasteiger partial charge in [-0.3, -0.25) is 9.59 Å². The van der Waals surface area contributed by atoms with Crippen molar-refractivity contribution in [3.63, 3.8) is 0 Å². The molecule has 1 aliphatic rings. The predicted molar refractivity (Wildman–Crippen MR) is 108 cm³/mol. The summed E-state index contributed by atoms with van der Waals surface area (Å²) in [5, 5.41) is 2.92. The third-order valence-electron chi connectivity index (χ3n) is 4.87. The number of nitrogens with one attached hydrogen (secondary N) is 1. The lowest BCUT2D eigenvalue weighted by atomic mass is 10.1. The van der Waals surface area contributed by atoms with E-state index in [2.05, 4.69) is 23.2 Å². The Labute approximate surface area is 161 Å². The number of carbonyl (C=O) groups excluding carboxylic acids is 2. The maximum Gasteiger partial charge on any atom is 0.258 e. The molecule has 0 saturated heterocycles. The monoisotopic (exact) mass is 365 g/mol. The molecular formula is C22H27N3O2. The Hall–Kier alpha value is -2.66. The number of anilines is 1. The molecule has 2 aromatic carbocycles. The third-order valence-corrected chi connectivity index (χ3v) is 4.87. The van der Waals surface area contributed by atoms with Gasteiger partial charge in [0.15, 0.2) is 0 Å². The third kappa shape index (κ3) is 4.37. The zero-order valence-electron chi connectivity index (χ0n) is 16.2. The molecule has 1 heterocycles. The lowest BCUT2D eigenvalue weighted by Gasteiger charge is -2.23. The van der Waals surface area contributed by atoms with Gasteiger partial charge in [-0.15, -0.1) is 0 Å². The summed E-state index contributed by atoms with van der Waals surface area (Å²) < 4.78 is 0. The van der Waals surface area contributed by atoms with Gasteiger partial charge in [0.1, 0.15) is 0 Å². The van der Waals surface area contributed by atoms with E-state index in [-0.39, 0.29) is 17.9 Å². The highest BCUT2D eigenvalue weighted by Gasteiger charge is 2.31. The number of amides is 2. The Morgan fingerprint density at radius 2 is 1.85 bits per heavy atom. The van der Waals surface area contributed by atoms with E-state index in [1.54, 1.807) is 24.3 Å². The van der Waals surface area contributed by atoms with Crippen molar-refractivity contribution in [3.05, 3.63) is 65.2 Å². The molecule has 1 atom stereocenters. The second-order valence-electron chi connectivity index (χ2n) is 7.35. The van der Waals surface area contributed by atoms with Crippen molar-refractivity contribution < 1.29 is 9.59 Å². The first-order valence-electron chi connectivity index (χ1n) is 9.42. The van der Waals surface area contributed by atoms with Gasteiger partial charge in [0.05, 0.1) is 0 Å². The number of para-hydroxylation sites is 1. The van der Waals surface area contributed by atoms with E-state index in [9.17, 15) is 9.59 Å². The molecule has 142 valence electrons. The van der Waals surface area contributed by atoms with Crippen LogP contribution >= 0.6 is 0 Å². The highest BCUT2D eigenvalue weighted by molar-refractivity contribution is 6.09. The number of nitrogens with zero attached hydrogens (tertiary/aromatic N) is 2. The molecule has 0 spiro atoms. The SMILES string of the molecule is CC1Cc2ccccc2N1C(=O)c1cccc(C(=O)NCCCN(C)C)c1. The largest absolute Gasteiger partial charge is 0.352 e. The van der Waals surface area contributed by atoms with Gasteiger partial charge in [-0.1, -0.05) is 24.3 Å². The summed E-state index contributed by atoms with van der Waals surface area (Å²) in [5.74, 6) is -0.201. The lowest BCUT2D eigenvalue weighted by molar-refractivity contribution is 0.0952. The van der Waals surface area contributed by atoms with Crippen LogP contribution in [0.3, 0.4) is 0 Å². The molecule has 0 bridgehead atoms. The van der Waals surface area contributed by atoms with Crippen LogP contribution in [0, 0.1) is 0 Å². The Balaban J connectivity index is 1.72. The first kappa shape index (κ1) is 19.1. The molecule has 27 heavy (non-hydrogen) atoms. The highest BCUT2D eigenvalue weighted by atomic mass is 16.2. The zero-order chi connectivity index (χ0) is 19.4. The quantitative estimate of drug-likeness (QED) is 0.801. The minimum absolute atomic E-state index is 0.0605. The van der Waals surface area contributed by atoms with Crippen LogP contribution in [0.2, 0.25) is 0 Å². The molecule has 1 aliphatic heterocycles. The molecule has 0 fully saturated rings. The number of carbonyl (C=O) groups is 2. The Morgan fingerprint density at radius 3 is 2.63 bits per heavy atom. The van der Waals surface area contributed by atoms with Crippen LogP contribution < -0.4 is 10.2 Å². The standard InChI is InChI=1S/C22H27N3O2/c1-16-14-17-8-4-5-11-20(17)25(16)22(27)19-10-6-9-18(15-19)21(26)23-12-7-13-24(2)3/h4-6,8-11,15-16H,7,12-14H2,1-3H3,(H,23,26). The summed E-state index contributed by atoms with van der Waals surface area (Å²) in [6, 6.07) is 15.1. The summed E-state index contributed by atoms with van der Waals surface area (Å²) in [6.45, 7) is 3.59. The highest BCUT2D eigenvalue weighted by Crippen LogP contribution is 2.33. The topological polar surface area (TPSA) is 52.7 Å². The maximum atomic E-state index is 13.1. The molecule has 0 aliphatic carbocycles. The van der Waals surface area contributed by atoms with E-state index in [0.29, 0.717) is 17.7 Å². The van der Waals surface area contributed by atoms with Gasteiger partial charge < -0.3 is 15.1 Å². The van der Waals surface area contributed by atoms with Crippen molar-refractivity contribution in [2.45, 2.75) is 25.8 Å². The van der Waals surface area contributed by atoms with E-state index < -0.39 is 0 Å². The molecular weight excluding hydrogens is 338 g/mol. The number of hydrogen-bond donors (Lipinski definition) is 1. The summed E-state index contributed by atoms with van der Waals surface area (Å²) in [5.41, 5.74) is 3.21. The molecule has 2 amide bonds. The van der Waals surface area contributed by atoms with E-state index in [1.807, 2.05) is 37.2 Å². The van der Waals surface area contributed by atoms with Crippen LogP contribution in [-0.2, 0) is 6.42 Å². The minimum atomic E-state index is -0.140. The van der Waals surface area contributed by atoms with Gasteiger partial charge >= 0.3 is 0 Å². The van der Waals surface area contributed by atoms with Crippen molar-refractivity contribution in [1.29, 1.82) is 0 Å².